The standard InChI is InChI=1S/C13H15N3O4S/c1-9-3-10(2)5-11(4-9)15-21(19,20)12-6-14-16(7-12)8-13(17)18/h3-7,15H,8H2,1-2H3,(H,17,18). The number of benzene rings is 1. The zero-order chi connectivity index (χ0) is 15.6. The van der Waals surface area contributed by atoms with Crippen LogP contribution in [0.3, 0.4) is 0 Å². The highest BCUT2D eigenvalue weighted by Gasteiger charge is 2.17. The molecule has 2 rings (SSSR count). The Balaban J connectivity index is 2.25. The van der Waals surface area contributed by atoms with E-state index in [1.54, 1.807) is 12.1 Å². The largest absolute Gasteiger partial charge is 0.480 e. The summed E-state index contributed by atoms with van der Waals surface area (Å²) >= 11 is 0. The molecule has 0 aliphatic heterocycles. The Labute approximate surface area is 122 Å². The molecule has 0 saturated heterocycles. The van der Waals surface area contributed by atoms with Crippen LogP contribution in [0.5, 0.6) is 0 Å². The van der Waals surface area contributed by atoms with Crippen molar-refractivity contribution in [3.8, 4) is 0 Å². The maximum atomic E-state index is 12.2. The number of nitrogens with one attached hydrogen (secondary N) is 1. The van der Waals surface area contributed by atoms with Gasteiger partial charge < -0.3 is 5.11 Å². The first-order chi connectivity index (χ1) is 9.76. The number of anilines is 1. The molecule has 0 atom stereocenters. The van der Waals surface area contributed by atoms with Crippen molar-refractivity contribution in [3.63, 3.8) is 0 Å². The Kier molecular flexibility index (Phi) is 3.99. The number of aromatic nitrogens is 2. The van der Waals surface area contributed by atoms with Crippen LogP contribution in [0.4, 0.5) is 5.69 Å². The number of nitrogens with zero attached hydrogens (tertiary/aromatic N) is 2. The molecule has 0 unspecified atom stereocenters. The van der Waals surface area contributed by atoms with E-state index in [9.17, 15) is 13.2 Å². The predicted molar refractivity (Wildman–Crippen MR) is 76.6 cm³/mol. The summed E-state index contributed by atoms with van der Waals surface area (Å²) in [6, 6.07) is 5.36. The lowest BCUT2D eigenvalue weighted by atomic mass is 10.1. The summed E-state index contributed by atoms with van der Waals surface area (Å²) in [5.74, 6) is -1.09. The summed E-state index contributed by atoms with van der Waals surface area (Å²) in [5.41, 5.74) is 2.34. The van der Waals surface area contributed by atoms with E-state index in [-0.39, 0.29) is 11.4 Å². The number of aliphatic carboxylic acids is 1. The van der Waals surface area contributed by atoms with Gasteiger partial charge in [-0.2, -0.15) is 5.10 Å². The molecule has 8 heteroatoms. The van der Waals surface area contributed by atoms with Gasteiger partial charge in [-0.1, -0.05) is 6.07 Å². The van der Waals surface area contributed by atoms with Crippen molar-refractivity contribution in [2.24, 2.45) is 0 Å². The topological polar surface area (TPSA) is 101 Å². The number of hydrogen-bond donors (Lipinski definition) is 2. The lowest BCUT2D eigenvalue weighted by Gasteiger charge is -2.08. The molecule has 0 aliphatic rings. The molecule has 7 nitrogen and oxygen atoms in total. The third-order valence-electron chi connectivity index (χ3n) is 2.69. The average molecular weight is 309 g/mol. The minimum absolute atomic E-state index is 0.0806. The molecule has 112 valence electrons. The van der Waals surface area contributed by atoms with Crippen LogP contribution in [-0.2, 0) is 21.4 Å². The van der Waals surface area contributed by atoms with Gasteiger partial charge in [-0.15, -0.1) is 0 Å². The molecule has 0 fully saturated rings. The minimum Gasteiger partial charge on any atom is -0.480 e. The molecular weight excluding hydrogens is 294 g/mol. The summed E-state index contributed by atoms with van der Waals surface area (Å²) < 4.78 is 27.9. The van der Waals surface area contributed by atoms with Crippen LogP contribution in [-0.4, -0.2) is 29.3 Å². The van der Waals surface area contributed by atoms with Crippen LogP contribution in [0.15, 0.2) is 35.5 Å². The smallest absolute Gasteiger partial charge is 0.325 e. The molecule has 2 N–H and O–H groups in total. The van der Waals surface area contributed by atoms with Gasteiger partial charge in [0.15, 0.2) is 0 Å². The fourth-order valence-electron chi connectivity index (χ4n) is 1.96. The van der Waals surface area contributed by atoms with Crippen molar-refractivity contribution >= 4 is 21.7 Å². The fraction of sp³-hybridized carbons (Fsp3) is 0.231. The molecule has 1 aromatic carbocycles. The number of sulfonamides is 1. The van der Waals surface area contributed by atoms with Crippen LogP contribution >= 0.6 is 0 Å². The second-order valence-corrected chi connectivity index (χ2v) is 6.43. The molecule has 2 aromatic rings. The van der Waals surface area contributed by atoms with Gasteiger partial charge in [-0.3, -0.25) is 14.2 Å². The van der Waals surface area contributed by atoms with Crippen molar-refractivity contribution in [1.82, 2.24) is 9.78 Å². The van der Waals surface area contributed by atoms with Gasteiger partial charge in [-0.25, -0.2) is 8.42 Å². The first-order valence-corrected chi connectivity index (χ1v) is 7.60. The zero-order valence-corrected chi connectivity index (χ0v) is 12.4. The molecule has 0 saturated carbocycles. The van der Waals surface area contributed by atoms with E-state index < -0.39 is 16.0 Å². The zero-order valence-electron chi connectivity index (χ0n) is 11.6. The summed E-state index contributed by atoms with van der Waals surface area (Å²) in [6.07, 6.45) is 2.30. The van der Waals surface area contributed by atoms with Crippen molar-refractivity contribution in [3.05, 3.63) is 41.7 Å². The van der Waals surface area contributed by atoms with Crippen LogP contribution in [0.25, 0.3) is 0 Å². The van der Waals surface area contributed by atoms with Gasteiger partial charge in [-0.05, 0) is 37.1 Å². The van der Waals surface area contributed by atoms with E-state index in [0.717, 1.165) is 22.0 Å². The Morgan fingerprint density at radius 3 is 2.48 bits per heavy atom. The third kappa shape index (κ3) is 3.82. The van der Waals surface area contributed by atoms with E-state index in [0.29, 0.717) is 5.69 Å². The number of carbonyl (C=O) groups is 1. The maximum absolute atomic E-state index is 12.2. The van der Waals surface area contributed by atoms with Crippen LogP contribution in [0.2, 0.25) is 0 Å². The van der Waals surface area contributed by atoms with E-state index >= 15 is 0 Å². The second kappa shape index (κ2) is 5.57. The fourth-order valence-corrected chi connectivity index (χ4v) is 2.95. The third-order valence-corrected chi connectivity index (χ3v) is 4.03. The number of carboxylic acids is 1. The van der Waals surface area contributed by atoms with Crippen molar-refractivity contribution in [2.45, 2.75) is 25.3 Å². The first-order valence-electron chi connectivity index (χ1n) is 6.11. The number of rotatable bonds is 5. The van der Waals surface area contributed by atoms with E-state index in [1.807, 2.05) is 19.9 Å². The van der Waals surface area contributed by atoms with Gasteiger partial charge in [0.05, 0.1) is 6.20 Å². The second-order valence-electron chi connectivity index (χ2n) is 4.75. The number of carboxylic acid groups (broad SMARTS) is 1. The summed E-state index contributed by atoms with van der Waals surface area (Å²) in [6.45, 7) is 3.35. The Morgan fingerprint density at radius 2 is 1.90 bits per heavy atom. The van der Waals surface area contributed by atoms with E-state index in [4.69, 9.17) is 5.11 Å². The monoisotopic (exact) mass is 309 g/mol. The SMILES string of the molecule is Cc1cc(C)cc(NS(=O)(=O)c2cnn(CC(=O)O)c2)c1. The highest BCUT2D eigenvalue weighted by atomic mass is 32.2. The van der Waals surface area contributed by atoms with E-state index in [2.05, 4.69) is 9.82 Å². The Hall–Kier alpha value is -2.35. The summed E-state index contributed by atoms with van der Waals surface area (Å²) in [4.78, 5) is 10.5. The van der Waals surface area contributed by atoms with Crippen molar-refractivity contribution in [1.29, 1.82) is 0 Å². The normalized spacial score (nSPS) is 11.3. The molecule has 1 aromatic heterocycles. The Bertz CT molecular complexity index is 760. The molecule has 0 radical (unpaired) electrons. The molecule has 0 aliphatic carbocycles. The van der Waals surface area contributed by atoms with Crippen molar-refractivity contribution < 1.29 is 18.3 Å². The van der Waals surface area contributed by atoms with Gasteiger partial charge in [0, 0.05) is 11.9 Å². The van der Waals surface area contributed by atoms with Crippen LogP contribution < -0.4 is 4.72 Å². The lowest BCUT2D eigenvalue weighted by molar-refractivity contribution is -0.137. The number of aryl methyl sites for hydroxylation is 2. The van der Waals surface area contributed by atoms with Gasteiger partial charge in [0.1, 0.15) is 11.4 Å². The summed E-state index contributed by atoms with van der Waals surface area (Å²) in [7, 11) is -3.79. The highest BCUT2D eigenvalue weighted by molar-refractivity contribution is 7.92. The minimum atomic E-state index is -3.79. The molecule has 0 spiro atoms. The maximum Gasteiger partial charge on any atom is 0.325 e. The van der Waals surface area contributed by atoms with Crippen molar-refractivity contribution in [2.75, 3.05) is 4.72 Å². The molecular formula is C13H15N3O4S. The Morgan fingerprint density at radius 1 is 1.29 bits per heavy atom. The van der Waals surface area contributed by atoms with Gasteiger partial charge >= 0.3 is 5.97 Å². The summed E-state index contributed by atoms with van der Waals surface area (Å²) in [5, 5.41) is 12.4. The average Bonchev–Trinajstić information content (AvgIpc) is 2.74. The predicted octanol–water partition coefficient (Wildman–Crippen LogP) is 1.39. The van der Waals surface area contributed by atoms with Gasteiger partial charge in [0.2, 0.25) is 0 Å². The molecule has 1 heterocycles. The van der Waals surface area contributed by atoms with Gasteiger partial charge in [0.25, 0.3) is 10.0 Å². The molecule has 0 amide bonds. The quantitative estimate of drug-likeness (QED) is 0.869. The lowest BCUT2D eigenvalue weighted by Crippen LogP contribution is -2.13. The first kappa shape index (κ1) is 15.0. The molecule has 21 heavy (non-hydrogen) atoms. The van der Waals surface area contributed by atoms with Crippen LogP contribution in [0.1, 0.15) is 11.1 Å². The number of hydrogen-bond acceptors (Lipinski definition) is 4. The van der Waals surface area contributed by atoms with Crippen LogP contribution in [0, 0.1) is 13.8 Å². The molecule has 0 bridgehead atoms. The van der Waals surface area contributed by atoms with E-state index in [1.165, 1.54) is 6.20 Å². The highest BCUT2D eigenvalue weighted by Crippen LogP contribution is 2.18.